The highest BCUT2D eigenvalue weighted by molar-refractivity contribution is 5.70. The van der Waals surface area contributed by atoms with Gasteiger partial charge in [-0.3, -0.25) is 14.7 Å². The van der Waals surface area contributed by atoms with E-state index in [2.05, 4.69) is 29.2 Å². The van der Waals surface area contributed by atoms with Crippen molar-refractivity contribution < 1.29 is 14.6 Å². The summed E-state index contributed by atoms with van der Waals surface area (Å²) in [6, 6.07) is 22.5. The number of aliphatic carboxylic acids is 1. The first kappa shape index (κ1) is 21.1. The lowest BCUT2D eigenvalue weighted by Crippen LogP contribution is -2.39. The minimum Gasteiger partial charge on any atom is -0.489 e. The molecule has 2 heterocycles. The van der Waals surface area contributed by atoms with E-state index in [1.54, 1.807) is 0 Å². The highest BCUT2D eigenvalue weighted by Crippen LogP contribution is 2.32. The Labute approximate surface area is 183 Å². The van der Waals surface area contributed by atoms with Crippen molar-refractivity contribution in [2.75, 3.05) is 13.1 Å². The second-order valence-electron chi connectivity index (χ2n) is 8.15. The van der Waals surface area contributed by atoms with Gasteiger partial charge in [0.2, 0.25) is 0 Å². The molecule has 31 heavy (non-hydrogen) atoms. The Bertz CT molecular complexity index is 979. The summed E-state index contributed by atoms with van der Waals surface area (Å²) in [7, 11) is 0. The van der Waals surface area contributed by atoms with Crippen LogP contribution in [0.3, 0.4) is 0 Å². The van der Waals surface area contributed by atoms with Crippen LogP contribution in [-0.4, -0.2) is 34.0 Å². The van der Waals surface area contributed by atoms with Crippen molar-refractivity contribution >= 4 is 5.97 Å². The number of ether oxygens (including phenoxy) is 1. The summed E-state index contributed by atoms with van der Waals surface area (Å²) in [6.45, 7) is 4.04. The van der Waals surface area contributed by atoms with Gasteiger partial charge >= 0.3 is 5.97 Å². The van der Waals surface area contributed by atoms with E-state index in [1.807, 2.05) is 55.6 Å². The number of aromatic nitrogens is 1. The third kappa shape index (κ3) is 5.30. The number of nitrogens with zero attached hydrogens (tertiary/aromatic N) is 2. The van der Waals surface area contributed by atoms with E-state index in [4.69, 9.17) is 9.72 Å². The molecule has 0 bridgehead atoms. The van der Waals surface area contributed by atoms with E-state index in [0.717, 1.165) is 41.2 Å². The van der Waals surface area contributed by atoms with Crippen molar-refractivity contribution in [3.8, 4) is 5.75 Å². The highest BCUT2D eigenvalue weighted by atomic mass is 16.5. The van der Waals surface area contributed by atoms with E-state index < -0.39 is 5.97 Å². The molecule has 0 aliphatic carbocycles. The summed E-state index contributed by atoms with van der Waals surface area (Å²) in [5.41, 5.74) is 4.38. The standard InChI is InChI=1S/C26H28N2O3/c1-19-7-12-24(27-17-19)25(28-15-13-22(14-16-28)26(29)30)21-8-10-23(11-9-21)31-18-20-5-3-2-4-6-20/h2-12,17,22,25H,13-16,18H2,1H3,(H,29,30). The molecule has 3 aromatic rings. The quantitative estimate of drug-likeness (QED) is 0.596. The highest BCUT2D eigenvalue weighted by Gasteiger charge is 2.30. The van der Waals surface area contributed by atoms with Gasteiger partial charge in [-0.15, -0.1) is 0 Å². The summed E-state index contributed by atoms with van der Waals surface area (Å²) < 4.78 is 5.94. The molecule has 2 aromatic carbocycles. The molecule has 5 heteroatoms. The van der Waals surface area contributed by atoms with Gasteiger partial charge in [0.25, 0.3) is 0 Å². The summed E-state index contributed by atoms with van der Waals surface area (Å²) in [6.07, 6.45) is 3.22. The van der Waals surface area contributed by atoms with Crippen LogP contribution in [0.15, 0.2) is 72.9 Å². The number of carbonyl (C=O) groups is 1. The second-order valence-corrected chi connectivity index (χ2v) is 8.15. The Balaban J connectivity index is 1.52. The summed E-state index contributed by atoms with van der Waals surface area (Å²) >= 11 is 0. The zero-order chi connectivity index (χ0) is 21.6. The number of benzene rings is 2. The predicted molar refractivity (Wildman–Crippen MR) is 120 cm³/mol. The molecule has 1 fully saturated rings. The van der Waals surface area contributed by atoms with Crippen LogP contribution in [0.1, 0.15) is 41.3 Å². The fraction of sp³-hybridized carbons (Fsp3) is 0.308. The van der Waals surface area contributed by atoms with Crippen molar-refractivity contribution in [1.29, 1.82) is 0 Å². The number of piperidine rings is 1. The molecule has 1 aromatic heterocycles. The van der Waals surface area contributed by atoms with Gasteiger partial charge in [0.15, 0.2) is 0 Å². The number of aryl methyl sites for hydroxylation is 1. The van der Waals surface area contributed by atoms with E-state index >= 15 is 0 Å². The van der Waals surface area contributed by atoms with Crippen molar-refractivity contribution in [3.05, 3.63) is 95.3 Å². The van der Waals surface area contributed by atoms with Gasteiger partial charge in [0.05, 0.1) is 17.7 Å². The largest absolute Gasteiger partial charge is 0.489 e. The number of likely N-dealkylation sites (tertiary alicyclic amines) is 1. The Hall–Kier alpha value is -3.18. The third-order valence-electron chi connectivity index (χ3n) is 5.90. The molecule has 1 saturated heterocycles. The zero-order valence-corrected chi connectivity index (χ0v) is 17.8. The first-order valence-electron chi connectivity index (χ1n) is 10.8. The molecular weight excluding hydrogens is 388 g/mol. The Morgan fingerprint density at radius 1 is 1.06 bits per heavy atom. The van der Waals surface area contributed by atoms with E-state index in [1.165, 1.54) is 0 Å². The average Bonchev–Trinajstić information content (AvgIpc) is 2.81. The third-order valence-corrected chi connectivity index (χ3v) is 5.90. The maximum absolute atomic E-state index is 11.4. The number of hydrogen-bond acceptors (Lipinski definition) is 4. The van der Waals surface area contributed by atoms with Crippen LogP contribution in [0, 0.1) is 12.8 Å². The van der Waals surface area contributed by atoms with Crippen LogP contribution in [0.5, 0.6) is 5.75 Å². The van der Waals surface area contributed by atoms with E-state index in [-0.39, 0.29) is 12.0 Å². The minimum atomic E-state index is -0.690. The molecule has 0 amide bonds. The predicted octanol–water partition coefficient (Wildman–Crippen LogP) is 4.86. The van der Waals surface area contributed by atoms with Crippen molar-refractivity contribution in [2.45, 2.75) is 32.4 Å². The maximum Gasteiger partial charge on any atom is 0.306 e. The van der Waals surface area contributed by atoms with Crippen LogP contribution in [0.2, 0.25) is 0 Å². The molecule has 5 nitrogen and oxygen atoms in total. The maximum atomic E-state index is 11.4. The number of hydrogen-bond donors (Lipinski definition) is 1. The number of pyridine rings is 1. The number of carboxylic acid groups (broad SMARTS) is 1. The van der Waals surface area contributed by atoms with Crippen LogP contribution in [0.25, 0.3) is 0 Å². The molecule has 0 spiro atoms. The molecule has 0 radical (unpaired) electrons. The molecule has 1 N–H and O–H groups in total. The van der Waals surface area contributed by atoms with Gasteiger partial charge in [-0.1, -0.05) is 48.5 Å². The first-order valence-corrected chi connectivity index (χ1v) is 10.8. The monoisotopic (exact) mass is 416 g/mol. The fourth-order valence-electron chi connectivity index (χ4n) is 4.10. The fourth-order valence-corrected chi connectivity index (χ4v) is 4.10. The Kier molecular flexibility index (Phi) is 6.63. The van der Waals surface area contributed by atoms with E-state index in [9.17, 15) is 9.90 Å². The lowest BCUT2D eigenvalue weighted by Gasteiger charge is -2.36. The summed E-state index contributed by atoms with van der Waals surface area (Å²) in [4.78, 5) is 18.4. The normalized spacial score (nSPS) is 16.0. The van der Waals surface area contributed by atoms with Crippen molar-refractivity contribution in [1.82, 2.24) is 9.88 Å². The lowest BCUT2D eigenvalue weighted by atomic mass is 9.93. The van der Waals surface area contributed by atoms with Crippen LogP contribution in [-0.2, 0) is 11.4 Å². The molecule has 1 unspecified atom stereocenters. The van der Waals surface area contributed by atoms with E-state index in [0.29, 0.717) is 19.4 Å². The van der Waals surface area contributed by atoms with Crippen molar-refractivity contribution in [3.63, 3.8) is 0 Å². The lowest BCUT2D eigenvalue weighted by molar-refractivity contribution is -0.143. The molecule has 1 aliphatic heterocycles. The summed E-state index contributed by atoms with van der Waals surface area (Å²) in [5.74, 6) is -0.117. The zero-order valence-electron chi connectivity index (χ0n) is 17.8. The smallest absolute Gasteiger partial charge is 0.306 e. The van der Waals surface area contributed by atoms with Gasteiger partial charge in [0.1, 0.15) is 12.4 Å². The van der Waals surface area contributed by atoms with Crippen LogP contribution >= 0.6 is 0 Å². The molecule has 4 rings (SSSR count). The van der Waals surface area contributed by atoms with Gasteiger partial charge in [0, 0.05) is 6.20 Å². The van der Waals surface area contributed by atoms with Gasteiger partial charge < -0.3 is 9.84 Å². The Morgan fingerprint density at radius 3 is 2.39 bits per heavy atom. The van der Waals surface area contributed by atoms with Crippen molar-refractivity contribution in [2.24, 2.45) is 5.92 Å². The Morgan fingerprint density at radius 2 is 1.77 bits per heavy atom. The molecule has 0 saturated carbocycles. The molecular formula is C26H28N2O3. The molecule has 160 valence electrons. The average molecular weight is 417 g/mol. The van der Waals surface area contributed by atoms with Crippen LogP contribution in [0.4, 0.5) is 0 Å². The minimum absolute atomic E-state index is 0.00137. The molecule has 1 aliphatic rings. The first-order chi connectivity index (χ1) is 15.1. The number of carboxylic acids is 1. The molecule has 1 atom stereocenters. The SMILES string of the molecule is Cc1ccc(C(c2ccc(OCc3ccccc3)cc2)N2CCC(C(=O)O)CC2)nc1. The van der Waals surface area contributed by atoms with Gasteiger partial charge in [-0.2, -0.15) is 0 Å². The topological polar surface area (TPSA) is 62.7 Å². The van der Waals surface area contributed by atoms with Gasteiger partial charge in [-0.05, 0) is 67.7 Å². The summed E-state index contributed by atoms with van der Waals surface area (Å²) in [5, 5.41) is 9.35. The van der Waals surface area contributed by atoms with Gasteiger partial charge in [-0.25, -0.2) is 0 Å². The number of rotatable bonds is 7. The second kappa shape index (κ2) is 9.75. The van der Waals surface area contributed by atoms with Crippen LogP contribution < -0.4 is 4.74 Å².